The van der Waals surface area contributed by atoms with E-state index in [0.717, 1.165) is 49.0 Å². The molecule has 2 heterocycles. The Balaban J connectivity index is 0.00000205. The predicted octanol–water partition coefficient (Wildman–Crippen LogP) is 7.77. The quantitative estimate of drug-likeness (QED) is 0.204. The number of nitrogens with one attached hydrogen (secondary N) is 1. The van der Waals surface area contributed by atoms with Gasteiger partial charge in [0.2, 0.25) is 0 Å². The second-order valence-electron chi connectivity index (χ2n) is 10.7. The van der Waals surface area contributed by atoms with Gasteiger partial charge < -0.3 is 14.5 Å². The lowest BCUT2D eigenvalue weighted by atomic mass is 9.94. The minimum absolute atomic E-state index is 0. The summed E-state index contributed by atoms with van der Waals surface area (Å²) in [4.78, 5) is 14.0. The van der Waals surface area contributed by atoms with Crippen LogP contribution in [0.1, 0.15) is 48.4 Å². The number of rotatable bonds is 9. The Hall–Kier alpha value is -2.74. The molecule has 0 amide bonds. The average molecular weight is 634 g/mol. The second kappa shape index (κ2) is 16.2. The summed E-state index contributed by atoms with van der Waals surface area (Å²) in [6, 6.07) is 28.2. The van der Waals surface area contributed by atoms with Gasteiger partial charge in [0.25, 0.3) is 0 Å². The zero-order chi connectivity index (χ0) is 27.4. The maximum Gasteiger partial charge on any atom is 0.161 e. The molecule has 9 heteroatoms. The van der Waals surface area contributed by atoms with Crippen molar-refractivity contribution in [2.75, 3.05) is 40.4 Å². The van der Waals surface area contributed by atoms with E-state index in [-0.39, 0.29) is 49.3 Å². The molecule has 1 atom stereocenters. The fourth-order valence-corrected chi connectivity index (χ4v) is 5.95. The van der Waals surface area contributed by atoms with Crippen LogP contribution in [0.4, 0.5) is 0 Å². The number of aryl methyl sites for hydroxylation is 1. The third-order valence-electron chi connectivity index (χ3n) is 7.83. The second-order valence-corrected chi connectivity index (χ2v) is 10.7. The molecule has 1 aliphatic heterocycles. The maximum atomic E-state index is 5.53. The number of imidazole rings is 1. The highest BCUT2D eigenvalue weighted by Gasteiger charge is 2.33. The van der Waals surface area contributed by atoms with Crippen molar-refractivity contribution in [3.05, 3.63) is 101 Å². The van der Waals surface area contributed by atoms with Gasteiger partial charge >= 0.3 is 0 Å². The molecule has 0 saturated carbocycles. The van der Waals surface area contributed by atoms with Gasteiger partial charge in [-0.1, -0.05) is 74.5 Å². The number of methoxy groups -OCH3 is 2. The Kier molecular flexibility index (Phi) is 13.7. The number of H-pyrrole nitrogens is 1. The minimum Gasteiger partial charge on any atom is -0.493 e. The van der Waals surface area contributed by atoms with E-state index in [9.17, 15) is 0 Å². The molecule has 1 aliphatic rings. The van der Waals surface area contributed by atoms with Crippen LogP contribution in [0.15, 0.2) is 78.9 Å². The van der Waals surface area contributed by atoms with Crippen LogP contribution in [0.25, 0.3) is 11.4 Å². The zero-order valence-corrected chi connectivity index (χ0v) is 27.4. The van der Waals surface area contributed by atoms with Gasteiger partial charge in [-0.25, -0.2) is 4.98 Å². The summed E-state index contributed by atoms with van der Waals surface area (Å²) in [5.41, 5.74) is 5.93. The van der Waals surface area contributed by atoms with Gasteiger partial charge in [0.1, 0.15) is 5.82 Å². The monoisotopic (exact) mass is 632 g/mol. The van der Waals surface area contributed by atoms with E-state index in [4.69, 9.17) is 14.5 Å². The Bertz CT molecular complexity index is 1320. The van der Waals surface area contributed by atoms with E-state index < -0.39 is 0 Å². The molecule has 1 unspecified atom stereocenters. The summed E-state index contributed by atoms with van der Waals surface area (Å²) < 4.78 is 11.0. The fourth-order valence-electron chi connectivity index (χ4n) is 5.95. The van der Waals surface area contributed by atoms with Crippen LogP contribution in [0.5, 0.6) is 11.5 Å². The van der Waals surface area contributed by atoms with Crippen LogP contribution in [0, 0.1) is 12.8 Å². The van der Waals surface area contributed by atoms with Gasteiger partial charge in [-0.15, -0.1) is 37.2 Å². The Labute approximate surface area is 269 Å². The lowest BCUT2D eigenvalue weighted by Crippen LogP contribution is -2.50. The molecule has 5 rings (SSSR count). The van der Waals surface area contributed by atoms with E-state index in [2.05, 4.69) is 96.2 Å². The van der Waals surface area contributed by atoms with E-state index in [0.29, 0.717) is 17.4 Å². The maximum absolute atomic E-state index is 5.53. The molecule has 42 heavy (non-hydrogen) atoms. The summed E-state index contributed by atoms with van der Waals surface area (Å²) in [5.74, 6) is 2.71. The van der Waals surface area contributed by atoms with Crippen LogP contribution < -0.4 is 9.47 Å². The van der Waals surface area contributed by atoms with E-state index >= 15 is 0 Å². The molecule has 3 aromatic carbocycles. The van der Waals surface area contributed by atoms with Crippen molar-refractivity contribution in [1.29, 1.82) is 0 Å². The first-order valence-electron chi connectivity index (χ1n) is 13.9. The smallest absolute Gasteiger partial charge is 0.161 e. The fraction of sp³-hybridized carbons (Fsp3) is 0.364. The number of halogens is 3. The first kappa shape index (κ1) is 35.5. The molecule has 1 fully saturated rings. The number of benzene rings is 3. The molecule has 1 aromatic heterocycles. The number of aromatic amines is 1. The highest BCUT2D eigenvalue weighted by molar-refractivity contribution is 5.86. The summed E-state index contributed by atoms with van der Waals surface area (Å²) in [7, 11) is 3.32. The number of ether oxygens (including phenoxy) is 2. The van der Waals surface area contributed by atoms with E-state index in [1.807, 2.05) is 18.2 Å². The number of hydrogen-bond acceptors (Lipinski definition) is 5. The third kappa shape index (κ3) is 7.61. The Morgan fingerprint density at radius 2 is 1.24 bits per heavy atom. The van der Waals surface area contributed by atoms with Gasteiger partial charge in [0.15, 0.2) is 11.5 Å². The van der Waals surface area contributed by atoms with Crippen molar-refractivity contribution in [3.63, 3.8) is 0 Å². The van der Waals surface area contributed by atoms with Crippen molar-refractivity contribution in [2.24, 2.45) is 5.92 Å². The highest BCUT2D eigenvalue weighted by atomic mass is 35.5. The van der Waals surface area contributed by atoms with Crippen molar-refractivity contribution >= 4 is 37.2 Å². The van der Waals surface area contributed by atoms with Crippen LogP contribution in [0.2, 0.25) is 0 Å². The molecule has 1 N–H and O–H groups in total. The summed E-state index contributed by atoms with van der Waals surface area (Å²) in [6.07, 6.45) is 0. The lowest BCUT2D eigenvalue weighted by Gasteiger charge is -2.43. The minimum atomic E-state index is 0. The SMILES string of the molecule is COc1ccc(-c2nc(C(C(C)C)N3CCN(C(c4ccccc4)c4ccccc4)CC3)c(C)[nH]2)cc1OC.Cl.Cl.Cl. The topological polar surface area (TPSA) is 53.6 Å². The molecule has 4 aromatic rings. The first-order valence-corrected chi connectivity index (χ1v) is 13.9. The van der Waals surface area contributed by atoms with Gasteiger partial charge in [-0.2, -0.15) is 0 Å². The van der Waals surface area contributed by atoms with Crippen LogP contribution >= 0.6 is 37.2 Å². The molecule has 228 valence electrons. The largest absolute Gasteiger partial charge is 0.493 e. The van der Waals surface area contributed by atoms with Crippen molar-refractivity contribution in [2.45, 2.75) is 32.9 Å². The lowest BCUT2D eigenvalue weighted by molar-refractivity contribution is 0.0599. The molecule has 0 spiro atoms. The first-order chi connectivity index (χ1) is 19.0. The number of nitrogens with zero attached hydrogens (tertiary/aromatic N) is 3. The standard InChI is InChI=1S/C33H40N4O2.3ClH/c1-23(2)31(30-24(3)34-33(35-30)27-16-17-28(38-4)29(22-27)39-5)36-18-20-37(21-19-36)32(25-12-8-6-9-13-25)26-14-10-7-11-15-26;;;/h6-17,22-23,31-32H,18-21H2,1-5H3,(H,34,35);3*1H. The van der Waals surface area contributed by atoms with Crippen molar-refractivity contribution < 1.29 is 9.47 Å². The molecule has 0 bridgehead atoms. The predicted molar refractivity (Wildman–Crippen MR) is 179 cm³/mol. The zero-order valence-electron chi connectivity index (χ0n) is 24.9. The van der Waals surface area contributed by atoms with Crippen LogP contribution in [0.3, 0.4) is 0 Å². The molecule has 6 nitrogen and oxygen atoms in total. The molecular formula is C33H43Cl3N4O2. The van der Waals surface area contributed by atoms with Crippen molar-refractivity contribution in [1.82, 2.24) is 19.8 Å². The van der Waals surface area contributed by atoms with Crippen LogP contribution in [-0.4, -0.2) is 60.2 Å². The van der Waals surface area contributed by atoms with Crippen molar-refractivity contribution in [3.8, 4) is 22.9 Å². The Morgan fingerprint density at radius 1 is 0.714 bits per heavy atom. The van der Waals surface area contributed by atoms with Gasteiger partial charge in [-0.05, 0) is 42.2 Å². The van der Waals surface area contributed by atoms with Gasteiger partial charge in [0, 0.05) is 37.4 Å². The molecule has 1 saturated heterocycles. The molecule has 0 radical (unpaired) electrons. The average Bonchev–Trinajstić information content (AvgIpc) is 3.35. The number of piperazine rings is 1. The highest BCUT2D eigenvalue weighted by Crippen LogP contribution is 2.36. The third-order valence-corrected chi connectivity index (χ3v) is 7.83. The van der Waals surface area contributed by atoms with E-state index in [1.54, 1.807) is 14.2 Å². The number of hydrogen-bond donors (Lipinski definition) is 1. The Morgan fingerprint density at radius 3 is 1.74 bits per heavy atom. The van der Waals surface area contributed by atoms with Gasteiger partial charge in [0.05, 0.1) is 32.0 Å². The normalized spacial score (nSPS) is 14.5. The summed E-state index contributed by atoms with van der Waals surface area (Å²) >= 11 is 0. The summed E-state index contributed by atoms with van der Waals surface area (Å²) in [6.45, 7) is 10.7. The summed E-state index contributed by atoms with van der Waals surface area (Å²) in [5, 5.41) is 0. The molecule has 0 aliphatic carbocycles. The van der Waals surface area contributed by atoms with Crippen LogP contribution in [-0.2, 0) is 0 Å². The number of aromatic nitrogens is 2. The molecular weight excluding hydrogens is 591 g/mol. The van der Waals surface area contributed by atoms with Gasteiger partial charge in [-0.3, -0.25) is 9.80 Å². The van der Waals surface area contributed by atoms with E-state index in [1.165, 1.54) is 11.1 Å².